The van der Waals surface area contributed by atoms with Crippen LogP contribution in [0.3, 0.4) is 0 Å². The second-order valence-corrected chi connectivity index (χ2v) is 6.21. The van der Waals surface area contributed by atoms with Crippen LogP contribution >= 0.6 is 0 Å². The number of carbonyl (C=O) groups is 1. The molecule has 140 valence electrons. The average molecular weight is 366 g/mol. The number of rotatable bonds is 5. The van der Waals surface area contributed by atoms with Crippen LogP contribution in [0.2, 0.25) is 0 Å². The fourth-order valence-corrected chi connectivity index (χ4v) is 2.70. The van der Waals surface area contributed by atoms with Crippen molar-refractivity contribution in [1.29, 1.82) is 0 Å². The Labute approximate surface area is 157 Å². The van der Waals surface area contributed by atoms with Gasteiger partial charge in [-0.05, 0) is 43.3 Å². The maximum atomic E-state index is 11.9. The van der Waals surface area contributed by atoms with Crippen LogP contribution in [0.1, 0.15) is 11.4 Å². The molecule has 3 aromatic rings. The summed E-state index contributed by atoms with van der Waals surface area (Å²) in [6.07, 6.45) is 3.25. The smallest absolute Gasteiger partial charge is 0.246 e. The number of hydrogen-bond donors (Lipinski definition) is 0. The Morgan fingerprint density at radius 3 is 2.52 bits per heavy atom. The molecule has 7 heteroatoms. The molecular weight excluding hydrogens is 344 g/mol. The van der Waals surface area contributed by atoms with Gasteiger partial charge in [0.05, 0.1) is 31.3 Å². The molecule has 0 aliphatic rings. The van der Waals surface area contributed by atoms with Crippen molar-refractivity contribution in [3.05, 3.63) is 47.8 Å². The number of aryl methyl sites for hydroxylation is 1. The molecule has 0 saturated carbocycles. The van der Waals surface area contributed by atoms with E-state index in [9.17, 15) is 4.79 Å². The number of imidazole rings is 1. The lowest BCUT2D eigenvalue weighted by Crippen LogP contribution is -2.18. The van der Waals surface area contributed by atoms with Crippen LogP contribution in [0.5, 0.6) is 11.5 Å². The van der Waals surface area contributed by atoms with Crippen molar-refractivity contribution < 1.29 is 14.3 Å². The average Bonchev–Trinajstić information content (AvgIpc) is 2.99. The Morgan fingerprint density at radius 2 is 1.85 bits per heavy atom. The van der Waals surface area contributed by atoms with E-state index >= 15 is 0 Å². The number of likely N-dealkylation sites (N-methyl/N-ethyl adjacent to an activating group) is 1. The van der Waals surface area contributed by atoms with Gasteiger partial charge in [0, 0.05) is 25.7 Å². The Kier molecular flexibility index (Phi) is 5.12. The molecule has 1 aromatic carbocycles. The number of benzene rings is 1. The van der Waals surface area contributed by atoms with Gasteiger partial charge in [-0.2, -0.15) is 5.10 Å². The number of fused-ring (bicyclic) bond motifs is 1. The van der Waals surface area contributed by atoms with Crippen LogP contribution in [0.4, 0.5) is 0 Å². The standard InChI is InChI=1S/C20H22N4O3/c1-13-16(8-11-20(25)23(2)3)24-19(21-13)10-7-15(22-24)14-6-9-17(26-4)18(12-14)27-5/h6-12H,1-5H3. The number of methoxy groups -OCH3 is 2. The van der Waals surface area contributed by atoms with Crippen molar-refractivity contribution in [3.63, 3.8) is 0 Å². The number of amides is 1. The maximum absolute atomic E-state index is 11.9. The molecule has 3 rings (SSSR count). The molecule has 0 radical (unpaired) electrons. The van der Waals surface area contributed by atoms with Crippen LogP contribution in [0.25, 0.3) is 23.0 Å². The molecule has 2 aromatic heterocycles. The molecule has 0 aliphatic carbocycles. The van der Waals surface area contributed by atoms with Crippen LogP contribution in [0, 0.1) is 6.92 Å². The molecule has 0 bridgehead atoms. The summed E-state index contributed by atoms with van der Waals surface area (Å²) < 4.78 is 12.4. The monoisotopic (exact) mass is 366 g/mol. The number of aromatic nitrogens is 3. The summed E-state index contributed by atoms with van der Waals surface area (Å²) in [6.45, 7) is 1.89. The van der Waals surface area contributed by atoms with E-state index in [2.05, 4.69) is 4.98 Å². The Hall–Kier alpha value is -3.35. The third-order valence-corrected chi connectivity index (χ3v) is 4.20. The molecule has 2 heterocycles. The lowest BCUT2D eigenvalue weighted by atomic mass is 10.1. The third kappa shape index (κ3) is 3.62. The van der Waals surface area contributed by atoms with Crippen LogP contribution in [-0.2, 0) is 4.79 Å². The minimum atomic E-state index is -0.0969. The van der Waals surface area contributed by atoms with Gasteiger partial charge in [-0.25, -0.2) is 9.50 Å². The molecule has 7 nitrogen and oxygen atoms in total. The second-order valence-electron chi connectivity index (χ2n) is 6.21. The fourth-order valence-electron chi connectivity index (χ4n) is 2.70. The summed E-state index contributed by atoms with van der Waals surface area (Å²) in [5, 5.41) is 4.70. The highest BCUT2D eigenvalue weighted by molar-refractivity contribution is 5.91. The molecule has 0 saturated heterocycles. The van der Waals surface area contributed by atoms with Gasteiger partial charge in [0.1, 0.15) is 0 Å². The summed E-state index contributed by atoms with van der Waals surface area (Å²) in [7, 11) is 6.62. The van der Waals surface area contributed by atoms with Gasteiger partial charge < -0.3 is 14.4 Å². The number of nitrogens with zero attached hydrogens (tertiary/aromatic N) is 4. The van der Waals surface area contributed by atoms with Crippen molar-refractivity contribution in [1.82, 2.24) is 19.5 Å². The van der Waals surface area contributed by atoms with E-state index in [1.807, 2.05) is 37.3 Å². The zero-order valence-electron chi connectivity index (χ0n) is 16.1. The van der Waals surface area contributed by atoms with Gasteiger partial charge in [0.15, 0.2) is 17.1 Å². The molecule has 0 fully saturated rings. The minimum absolute atomic E-state index is 0.0969. The summed E-state index contributed by atoms with van der Waals surface area (Å²) in [4.78, 5) is 17.9. The highest BCUT2D eigenvalue weighted by atomic mass is 16.5. The first-order chi connectivity index (χ1) is 12.9. The summed E-state index contributed by atoms with van der Waals surface area (Å²) in [5.41, 5.74) is 3.93. The predicted molar refractivity (Wildman–Crippen MR) is 104 cm³/mol. The summed E-state index contributed by atoms with van der Waals surface area (Å²) in [5.74, 6) is 1.20. The SMILES string of the molecule is COc1ccc(-c2ccc3nc(C)c(C=CC(=O)N(C)C)n3n2)cc1OC. The molecule has 0 atom stereocenters. The molecule has 0 aliphatic heterocycles. The van der Waals surface area contributed by atoms with Gasteiger partial charge in [0.2, 0.25) is 5.91 Å². The predicted octanol–water partition coefficient (Wildman–Crippen LogP) is 2.82. The largest absolute Gasteiger partial charge is 0.493 e. The highest BCUT2D eigenvalue weighted by Crippen LogP contribution is 2.31. The Bertz CT molecular complexity index is 1020. The number of carbonyl (C=O) groups excluding carboxylic acids is 1. The van der Waals surface area contributed by atoms with E-state index < -0.39 is 0 Å². The van der Waals surface area contributed by atoms with Gasteiger partial charge in [-0.1, -0.05) is 0 Å². The quantitative estimate of drug-likeness (QED) is 0.650. The van der Waals surface area contributed by atoms with Gasteiger partial charge in [-0.15, -0.1) is 0 Å². The first-order valence-corrected chi connectivity index (χ1v) is 8.42. The van der Waals surface area contributed by atoms with Crippen molar-refractivity contribution >= 4 is 17.6 Å². The van der Waals surface area contributed by atoms with Crippen LogP contribution in [-0.4, -0.2) is 53.7 Å². The fraction of sp³-hybridized carbons (Fsp3) is 0.250. The van der Waals surface area contributed by atoms with Gasteiger partial charge in [0.25, 0.3) is 0 Å². The Morgan fingerprint density at radius 1 is 1.11 bits per heavy atom. The zero-order valence-corrected chi connectivity index (χ0v) is 16.1. The summed E-state index contributed by atoms with van der Waals surface area (Å²) >= 11 is 0. The van der Waals surface area contributed by atoms with Crippen LogP contribution < -0.4 is 9.47 Å². The van der Waals surface area contributed by atoms with Crippen molar-refractivity contribution in [2.24, 2.45) is 0 Å². The zero-order chi connectivity index (χ0) is 19.6. The minimum Gasteiger partial charge on any atom is -0.493 e. The molecular formula is C20H22N4O3. The topological polar surface area (TPSA) is 69.0 Å². The molecule has 1 amide bonds. The van der Waals surface area contributed by atoms with E-state index in [0.29, 0.717) is 17.1 Å². The molecule has 0 unspecified atom stereocenters. The van der Waals surface area contributed by atoms with E-state index in [0.717, 1.165) is 22.6 Å². The van der Waals surface area contributed by atoms with Crippen molar-refractivity contribution in [2.75, 3.05) is 28.3 Å². The van der Waals surface area contributed by atoms with Crippen molar-refractivity contribution in [2.45, 2.75) is 6.92 Å². The molecule has 0 N–H and O–H groups in total. The molecule has 27 heavy (non-hydrogen) atoms. The van der Waals surface area contributed by atoms with Gasteiger partial charge >= 0.3 is 0 Å². The van der Waals surface area contributed by atoms with E-state index in [1.54, 1.807) is 38.9 Å². The van der Waals surface area contributed by atoms with E-state index in [-0.39, 0.29) is 5.91 Å². The third-order valence-electron chi connectivity index (χ3n) is 4.20. The highest BCUT2D eigenvalue weighted by Gasteiger charge is 2.12. The Balaban J connectivity index is 2.07. The summed E-state index contributed by atoms with van der Waals surface area (Å²) in [6, 6.07) is 9.45. The van der Waals surface area contributed by atoms with Crippen molar-refractivity contribution in [3.8, 4) is 22.8 Å². The lowest BCUT2D eigenvalue weighted by Gasteiger charge is -2.09. The number of ether oxygens (including phenoxy) is 2. The normalized spacial score (nSPS) is 11.1. The van der Waals surface area contributed by atoms with E-state index in [4.69, 9.17) is 14.6 Å². The first-order valence-electron chi connectivity index (χ1n) is 8.42. The van der Waals surface area contributed by atoms with E-state index in [1.165, 1.54) is 11.0 Å². The molecule has 0 spiro atoms. The van der Waals surface area contributed by atoms with Crippen LogP contribution in [0.15, 0.2) is 36.4 Å². The maximum Gasteiger partial charge on any atom is 0.246 e. The first kappa shape index (κ1) is 18.4. The second kappa shape index (κ2) is 7.49. The number of hydrogen-bond acceptors (Lipinski definition) is 5. The van der Waals surface area contributed by atoms with Gasteiger partial charge in [-0.3, -0.25) is 4.79 Å². The lowest BCUT2D eigenvalue weighted by molar-refractivity contribution is -0.123.